The van der Waals surface area contributed by atoms with Crippen LogP contribution in [0.15, 0.2) is 48.5 Å². The van der Waals surface area contributed by atoms with E-state index in [0.717, 1.165) is 23.1 Å². The molecule has 0 aromatic heterocycles. The molecule has 0 saturated heterocycles. The first-order valence-electron chi connectivity index (χ1n) is 9.28. The van der Waals surface area contributed by atoms with Gasteiger partial charge in [0.2, 0.25) is 11.8 Å². The maximum absolute atomic E-state index is 13.0. The molecule has 0 spiro atoms. The molecule has 0 bridgehead atoms. The first-order chi connectivity index (χ1) is 12.9. The minimum absolute atomic E-state index is 0.0861. The van der Waals surface area contributed by atoms with E-state index in [1.165, 1.54) is 0 Å². The lowest BCUT2D eigenvalue weighted by Gasteiger charge is -2.29. The molecule has 2 aromatic carbocycles. The summed E-state index contributed by atoms with van der Waals surface area (Å²) in [5.41, 5.74) is 3.03. The third-order valence-electron chi connectivity index (χ3n) is 4.46. The summed E-state index contributed by atoms with van der Waals surface area (Å²) in [4.78, 5) is 27.1. The van der Waals surface area contributed by atoms with Crippen molar-refractivity contribution in [2.24, 2.45) is 0 Å². The molecule has 0 radical (unpaired) electrons. The second-order valence-corrected chi connectivity index (χ2v) is 7.21. The van der Waals surface area contributed by atoms with Gasteiger partial charge in [-0.2, -0.15) is 0 Å². The lowest BCUT2D eigenvalue weighted by molar-refractivity contribution is -0.140. The summed E-state index contributed by atoms with van der Waals surface area (Å²) >= 11 is 5.92. The molecule has 0 aliphatic carbocycles. The van der Waals surface area contributed by atoms with Gasteiger partial charge in [-0.15, -0.1) is 0 Å². The Hall–Kier alpha value is -2.33. The molecular formula is C22H27ClN2O2. The average Bonchev–Trinajstić information content (AvgIpc) is 2.66. The van der Waals surface area contributed by atoms with Gasteiger partial charge in [-0.25, -0.2) is 0 Å². The number of nitrogens with one attached hydrogen (secondary N) is 1. The van der Waals surface area contributed by atoms with Gasteiger partial charge in [-0.3, -0.25) is 9.59 Å². The molecule has 2 aromatic rings. The van der Waals surface area contributed by atoms with Crippen molar-refractivity contribution in [3.05, 3.63) is 70.2 Å². The first kappa shape index (κ1) is 21.0. The Morgan fingerprint density at radius 2 is 1.63 bits per heavy atom. The lowest BCUT2D eigenvalue weighted by atomic mass is 10.1. The molecule has 1 atom stereocenters. The average molecular weight is 387 g/mol. The van der Waals surface area contributed by atoms with Gasteiger partial charge in [-0.05, 0) is 43.5 Å². The zero-order valence-corrected chi connectivity index (χ0v) is 16.9. The van der Waals surface area contributed by atoms with E-state index < -0.39 is 6.04 Å². The van der Waals surface area contributed by atoms with Crippen LogP contribution in [0.1, 0.15) is 37.0 Å². The second-order valence-electron chi connectivity index (χ2n) is 6.78. The Labute approximate surface area is 166 Å². The molecule has 0 saturated carbocycles. The molecule has 0 heterocycles. The van der Waals surface area contributed by atoms with Crippen molar-refractivity contribution in [1.29, 1.82) is 0 Å². The van der Waals surface area contributed by atoms with Gasteiger partial charge in [0, 0.05) is 18.1 Å². The number of nitrogens with zero attached hydrogens (tertiary/aromatic N) is 1. The van der Waals surface area contributed by atoms with Crippen molar-refractivity contribution in [3.8, 4) is 0 Å². The van der Waals surface area contributed by atoms with Gasteiger partial charge in [0.05, 0.1) is 6.42 Å². The van der Waals surface area contributed by atoms with E-state index in [1.807, 2.05) is 50.2 Å². The Morgan fingerprint density at radius 1 is 1.04 bits per heavy atom. The highest BCUT2D eigenvalue weighted by Gasteiger charge is 2.25. The summed E-state index contributed by atoms with van der Waals surface area (Å²) in [5.74, 6) is -0.217. The number of halogens is 1. The Kier molecular flexibility index (Phi) is 7.86. The minimum Gasteiger partial charge on any atom is -0.354 e. The van der Waals surface area contributed by atoms with Gasteiger partial charge in [0.1, 0.15) is 6.04 Å². The summed E-state index contributed by atoms with van der Waals surface area (Å²) in [6.45, 7) is 6.80. The lowest BCUT2D eigenvalue weighted by Crippen LogP contribution is -2.48. The number of benzene rings is 2. The fourth-order valence-corrected chi connectivity index (χ4v) is 2.87. The third kappa shape index (κ3) is 6.40. The SMILES string of the molecule is CCCNC(=O)[C@H](C)N(Cc1ccc(C)cc1)C(=O)Cc1ccc(Cl)cc1. The molecule has 2 rings (SSSR count). The van der Waals surface area contributed by atoms with Crippen molar-refractivity contribution in [3.63, 3.8) is 0 Å². The van der Waals surface area contributed by atoms with Crippen LogP contribution in [0.2, 0.25) is 5.02 Å². The first-order valence-corrected chi connectivity index (χ1v) is 9.65. The molecule has 0 fully saturated rings. The summed E-state index contributed by atoms with van der Waals surface area (Å²) < 4.78 is 0. The van der Waals surface area contributed by atoms with Crippen molar-refractivity contribution in [2.75, 3.05) is 6.54 Å². The molecule has 27 heavy (non-hydrogen) atoms. The minimum atomic E-state index is -0.544. The molecule has 0 aliphatic heterocycles. The monoisotopic (exact) mass is 386 g/mol. The highest BCUT2D eigenvalue weighted by molar-refractivity contribution is 6.30. The summed E-state index contributed by atoms with van der Waals surface area (Å²) in [7, 11) is 0. The molecule has 0 unspecified atom stereocenters. The van der Waals surface area contributed by atoms with E-state index in [1.54, 1.807) is 24.0 Å². The molecule has 0 aliphatic rings. The standard InChI is InChI=1S/C22H27ClN2O2/c1-4-13-24-22(27)17(3)25(15-19-7-5-16(2)6-8-19)21(26)14-18-9-11-20(23)12-10-18/h5-12,17H,4,13-15H2,1-3H3,(H,24,27)/t17-/m0/s1. The zero-order valence-electron chi connectivity index (χ0n) is 16.2. The summed E-state index contributed by atoms with van der Waals surface area (Å²) in [6, 6.07) is 14.7. The fourth-order valence-electron chi connectivity index (χ4n) is 2.75. The van der Waals surface area contributed by atoms with Crippen molar-refractivity contribution in [2.45, 2.75) is 46.2 Å². The van der Waals surface area contributed by atoms with Gasteiger partial charge in [0.25, 0.3) is 0 Å². The summed E-state index contributed by atoms with van der Waals surface area (Å²) in [5, 5.41) is 3.52. The maximum Gasteiger partial charge on any atom is 0.242 e. The van der Waals surface area contributed by atoms with E-state index in [9.17, 15) is 9.59 Å². The van der Waals surface area contributed by atoms with Crippen molar-refractivity contribution in [1.82, 2.24) is 10.2 Å². The molecule has 4 nitrogen and oxygen atoms in total. The highest BCUT2D eigenvalue weighted by Crippen LogP contribution is 2.15. The topological polar surface area (TPSA) is 49.4 Å². The van der Waals surface area contributed by atoms with Gasteiger partial charge in [-0.1, -0.05) is 60.5 Å². The van der Waals surface area contributed by atoms with Gasteiger partial charge >= 0.3 is 0 Å². The van der Waals surface area contributed by atoms with Crippen LogP contribution in [0.5, 0.6) is 0 Å². The molecular weight excluding hydrogens is 360 g/mol. The fraction of sp³-hybridized carbons (Fsp3) is 0.364. The number of hydrogen-bond donors (Lipinski definition) is 1. The predicted molar refractivity (Wildman–Crippen MR) is 110 cm³/mol. The van der Waals surface area contributed by atoms with E-state index in [0.29, 0.717) is 18.1 Å². The molecule has 5 heteroatoms. The zero-order chi connectivity index (χ0) is 19.8. The Balaban J connectivity index is 2.18. The Morgan fingerprint density at radius 3 is 2.22 bits per heavy atom. The number of hydrogen-bond acceptors (Lipinski definition) is 2. The predicted octanol–water partition coefficient (Wildman–Crippen LogP) is 4.13. The number of carbonyl (C=O) groups excluding carboxylic acids is 2. The van der Waals surface area contributed by atoms with Crippen LogP contribution in [0.3, 0.4) is 0 Å². The molecule has 144 valence electrons. The third-order valence-corrected chi connectivity index (χ3v) is 4.71. The van der Waals surface area contributed by atoms with Crippen LogP contribution in [0.4, 0.5) is 0 Å². The van der Waals surface area contributed by atoms with E-state index >= 15 is 0 Å². The van der Waals surface area contributed by atoms with Crippen molar-refractivity contribution < 1.29 is 9.59 Å². The number of carbonyl (C=O) groups is 2. The number of rotatable bonds is 8. The molecule has 2 amide bonds. The number of amides is 2. The number of aryl methyl sites for hydroxylation is 1. The highest BCUT2D eigenvalue weighted by atomic mass is 35.5. The van der Waals surface area contributed by atoms with Crippen molar-refractivity contribution >= 4 is 23.4 Å². The van der Waals surface area contributed by atoms with Gasteiger partial charge < -0.3 is 10.2 Å². The largest absolute Gasteiger partial charge is 0.354 e. The van der Waals surface area contributed by atoms with Crippen LogP contribution in [0.25, 0.3) is 0 Å². The maximum atomic E-state index is 13.0. The van der Waals surface area contributed by atoms with Crippen LogP contribution >= 0.6 is 11.6 Å². The molecule has 1 N–H and O–H groups in total. The quantitative estimate of drug-likeness (QED) is 0.741. The van der Waals surface area contributed by atoms with Crippen LogP contribution in [-0.4, -0.2) is 29.3 Å². The van der Waals surface area contributed by atoms with E-state index in [-0.39, 0.29) is 18.2 Å². The van der Waals surface area contributed by atoms with E-state index in [4.69, 9.17) is 11.6 Å². The summed E-state index contributed by atoms with van der Waals surface area (Å²) in [6.07, 6.45) is 1.09. The Bertz CT molecular complexity index is 757. The second kappa shape index (κ2) is 10.1. The van der Waals surface area contributed by atoms with Crippen LogP contribution < -0.4 is 5.32 Å². The van der Waals surface area contributed by atoms with Gasteiger partial charge in [0.15, 0.2) is 0 Å². The smallest absolute Gasteiger partial charge is 0.242 e. The van der Waals surface area contributed by atoms with Crippen LogP contribution in [-0.2, 0) is 22.6 Å². The normalized spacial score (nSPS) is 11.7. The van der Waals surface area contributed by atoms with Crippen LogP contribution in [0, 0.1) is 6.92 Å². The van der Waals surface area contributed by atoms with E-state index in [2.05, 4.69) is 5.32 Å².